The predicted octanol–water partition coefficient (Wildman–Crippen LogP) is 2.66. The first-order chi connectivity index (χ1) is 12.1. The molecule has 25 heavy (non-hydrogen) atoms. The van der Waals surface area contributed by atoms with Gasteiger partial charge in [-0.15, -0.1) is 0 Å². The molecule has 0 aliphatic carbocycles. The van der Waals surface area contributed by atoms with Crippen molar-refractivity contribution in [3.05, 3.63) is 53.3 Å². The van der Waals surface area contributed by atoms with Gasteiger partial charge >= 0.3 is 5.97 Å². The summed E-state index contributed by atoms with van der Waals surface area (Å²) in [7, 11) is 0. The minimum Gasteiger partial charge on any atom is -0.453 e. The van der Waals surface area contributed by atoms with Crippen LogP contribution in [-0.2, 0) is 9.53 Å². The third-order valence-electron chi connectivity index (χ3n) is 4.99. The highest BCUT2D eigenvalue weighted by Crippen LogP contribution is 2.33. The quantitative estimate of drug-likeness (QED) is 0.807. The zero-order valence-corrected chi connectivity index (χ0v) is 14.2. The first kappa shape index (κ1) is 15.9. The van der Waals surface area contributed by atoms with E-state index in [2.05, 4.69) is 5.10 Å². The van der Waals surface area contributed by atoms with Crippen LogP contribution in [0.2, 0.25) is 0 Å². The van der Waals surface area contributed by atoms with Crippen LogP contribution in [-0.4, -0.2) is 39.6 Å². The number of hydrogen-bond donors (Lipinski definition) is 0. The molecule has 1 aromatic carbocycles. The summed E-state index contributed by atoms with van der Waals surface area (Å²) >= 11 is 0. The van der Waals surface area contributed by atoms with E-state index in [4.69, 9.17) is 4.74 Å². The van der Waals surface area contributed by atoms with E-state index in [1.807, 2.05) is 47.1 Å². The summed E-state index contributed by atoms with van der Waals surface area (Å²) in [5.41, 5.74) is 2.51. The molecule has 6 heteroatoms. The lowest BCUT2D eigenvalue weighted by Gasteiger charge is -2.33. The predicted molar refractivity (Wildman–Crippen MR) is 91.0 cm³/mol. The van der Waals surface area contributed by atoms with Gasteiger partial charge < -0.3 is 9.64 Å². The molecule has 1 amide bonds. The molecule has 0 radical (unpaired) electrons. The Bertz CT molecular complexity index is 814. The second-order valence-electron chi connectivity index (χ2n) is 6.82. The van der Waals surface area contributed by atoms with Crippen LogP contribution in [0.15, 0.2) is 36.7 Å². The van der Waals surface area contributed by atoms with Gasteiger partial charge in [0, 0.05) is 24.8 Å². The summed E-state index contributed by atoms with van der Waals surface area (Å²) in [5.74, 6) is -0.306. The molecule has 2 atom stereocenters. The Labute approximate surface area is 146 Å². The minimum absolute atomic E-state index is 0.0306. The molecule has 0 spiro atoms. The van der Waals surface area contributed by atoms with E-state index in [-0.39, 0.29) is 24.3 Å². The second-order valence-corrected chi connectivity index (χ2v) is 6.82. The van der Waals surface area contributed by atoms with Crippen LogP contribution in [0.4, 0.5) is 0 Å². The van der Waals surface area contributed by atoms with Crippen molar-refractivity contribution in [2.24, 2.45) is 0 Å². The molecule has 1 saturated heterocycles. The number of likely N-dealkylation sites (tertiary alicyclic amines) is 1. The zero-order valence-electron chi connectivity index (χ0n) is 14.2. The third kappa shape index (κ3) is 3.04. The summed E-state index contributed by atoms with van der Waals surface area (Å²) < 4.78 is 7.36. The molecule has 0 N–H and O–H groups in total. The molecule has 6 nitrogen and oxygen atoms in total. The number of aryl methyl sites for hydroxylation is 1. The Morgan fingerprint density at radius 1 is 1.36 bits per heavy atom. The third-order valence-corrected chi connectivity index (χ3v) is 4.99. The van der Waals surface area contributed by atoms with E-state index in [1.54, 1.807) is 6.07 Å². The van der Waals surface area contributed by atoms with E-state index in [0.29, 0.717) is 12.1 Å². The summed E-state index contributed by atoms with van der Waals surface area (Å²) in [5, 5.41) is 4.39. The summed E-state index contributed by atoms with van der Waals surface area (Å²) in [4.78, 5) is 26.5. The Hall–Kier alpha value is -2.63. The lowest BCUT2D eigenvalue weighted by molar-refractivity contribution is -0.135. The van der Waals surface area contributed by atoms with Crippen molar-refractivity contribution in [1.82, 2.24) is 14.7 Å². The van der Waals surface area contributed by atoms with Crippen LogP contribution < -0.4 is 0 Å². The van der Waals surface area contributed by atoms with Gasteiger partial charge in [0.2, 0.25) is 5.91 Å². The Kier molecular flexibility index (Phi) is 4.03. The minimum atomic E-state index is -0.469. The van der Waals surface area contributed by atoms with E-state index in [1.165, 1.54) is 0 Å². The molecule has 2 aromatic rings. The van der Waals surface area contributed by atoms with Crippen LogP contribution in [0.25, 0.3) is 0 Å². The van der Waals surface area contributed by atoms with Crippen molar-refractivity contribution in [3.63, 3.8) is 0 Å². The number of fused-ring (bicyclic) bond motifs is 1. The average Bonchev–Trinajstić information content (AvgIpc) is 3.20. The number of amides is 1. The van der Waals surface area contributed by atoms with Crippen LogP contribution in [0.5, 0.6) is 0 Å². The van der Waals surface area contributed by atoms with Gasteiger partial charge in [-0.1, -0.05) is 18.2 Å². The van der Waals surface area contributed by atoms with Gasteiger partial charge in [-0.3, -0.25) is 9.48 Å². The normalized spacial score (nSPS) is 22.6. The van der Waals surface area contributed by atoms with Gasteiger partial charge in [0.05, 0.1) is 24.2 Å². The van der Waals surface area contributed by atoms with Crippen molar-refractivity contribution in [2.75, 3.05) is 13.1 Å². The smallest absolute Gasteiger partial charge is 0.339 e. The maximum absolute atomic E-state index is 12.8. The number of esters is 1. The maximum atomic E-state index is 12.8. The number of nitrogens with zero attached hydrogens (tertiary/aromatic N) is 3. The number of rotatable bonds is 3. The van der Waals surface area contributed by atoms with E-state index < -0.39 is 6.10 Å². The first-order valence-corrected chi connectivity index (χ1v) is 8.70. The number of piperidine rings is 1. The van der Waals surface area contributed by atoms with E-state index >= 15 is 0 Å². The molecule has 0 bridgehead atoms. The fraction of sp³-hybridized carbons (Fsp3) is 0.421. The van der Waals surface area contributed by atoms with Gasteiger partial charge in [-0.05, 0) is 31.4 Å². The number of ether oxygens (including phenoxy) is 1. The zero-order chi connectivity index (χ0) is 17.4. The number of hydrogen-bond acceptors (Lipinski definition) is 4. The van der Waals surface area contributed by atoms with E-state index in [0.717, 1.165) is 30.5 Å². The highest BCUT2D eigenvalue weighted by atomic mass is 16.5. The van der Waals surface area contributed by atoms with Crippen molar-refractivity contribution >= 4 is 11.9 Å². The Morgan fingerprint density at radius 2 is 2.20 bits per heavy atom. The molecule has 3 heterocycles. The Morgan fingerprint density at radius 3 is 3.00 bits per heavy atom. The average molecular weight is 339 g/mol. The monoisotopic (exact) mass is 339 g/mol. The fourth-order valence-electron chi connectivity index (χ4n) is 3.69. The molecule has 2 aliphatic rings. The van der Waals surface area contributed by atoms with E-state index in [9.17, 15) is 9.59 Å². The summed E-state index contributed by atoms with van der Waals surface area (Å²) in [6, 6.07) is 7.51. The molecule has 0 unspecified atom stereocenters. The molecular formula is C19H21N3O3. The molecule has 1 fully saturated rings. The Balaban J connectivity index is 1.44. The van der Waals surface area contributed by atoms with Crippen molar-refractivity contribution in [1.29, 1.82) is 0 Å². The topological polar surface area (TPSA) is 64.4 Å². The van der Waals surface area contributed by atoms with Crippen molar-refractivity contribution < 1.29 is 14.3 Å². The van der Waals surface area contributed by atoms with Gasteiger partial charge in [0.25, 0.3) is 0 Å². The van der Waals surface area contributed by atoms with Crippen molar-refractivity contribution in [3.8, 4) is 0 Å². The van der Waals surface area contributed by atoms with Gasteiger partial charge in [0.1, 0.15) is 6.10 Å². The number of aromatic nitrogens is 2. The molecular weight excluding hydrogens is 318 g/mol. The maximum Gasteiger partial charge on any atom is 0.339 e. The van der Waals surface area contributed by atoms with Gasteiger partial charge in [-0.2, -0.15) is 5.10 Å². The van der Waals surface area contributed by atoms with Crippen LogP contribution in [0, 0.1) is 6.92 Å². The lowest BCUT2D eigenvalue weighted by atomic mass is 10.0. The number of carbonyl (C=O) groups is 2. The fourth-order valence-corrected chi connectivity index (χ4v) is 3.69. The first-order valence-electron chi connectivity index (χ1n) is 8.70. The molecule has 2 aliphatic heterocycles. The molecule has 130 valence electrons. The standard InChI is InChI=1S/C19H21N3O3/c1-13-10-20-22(11-13)14-5-4-8-21(12-14)18(23)9-17-15-6-2-3-7-16(15)19(24)25-17/h2-3,6-7,10-11,14,17H,4-5,8-9,12H2,1H3/t14-,17+/m0/s1. The SMILES string of the molecule is Cc1cnn([C@H]2CCCN(C(=O)C[C@H]3OC(=O)c4ccccc43)C2)c1. The summed E-state index contributed by atoms with van der Waals surface area (Å²) in [6.45, 7) is 3.42. The molecule has 4 rings (SSSR count). The number of cyclic esters (lactones) is 1. The highest BCUT2D eigenvalue weighted by Gasteiger charge is 2.34. The van der Waals surface area contributed by atoms with Crippen LogP contribution >= 0.6 is 0 Å². The number of carbonyl (C=O) groups excluding carboxylic acids is 2. The summed E-state index contributed by atoms with van der Waals surface area (Å²) in [6.07, 6.45) is 5.57. The van der Waals surface area contributed by atoms with Crippen LogP contribution in [0.1, 0.15) is 52.9 Å². The van der Waals surface area contributed by atoms with Crippen molar-refractivity contribution in [2.45, 2.75) is 38.3 Å². The largest absolute Gasteiger partial charge is 0.453 e. The number of benzene rings is 1. The second kappa shape index (κ2) is 6.35. The van der Waals surface area contributed by atoms with Gasteiger partial charge in [0.15, 0.2) is 0 Å². The highest BCUT2D eigenvalue weighted by molar-refractivity contribution is 5.94. The lowest BCUT2D eigenvalue weighted by Crippen LogP contribution is -2.41. The van der Waals surface area contributed by atoms with Crippen LogP contribution in [0.3, 0.4) is 0 Å². The molecule has 0 saturated carbocycles. The molecule has 1 aromatic heterocycles. The van der Waals surface area contributed by atoms with Gasteiger partial charge in [-0.25, -0.2) is 4.79 Å².